The van der Waals surface area contributed by atoms with Gasteiger partial charge in [0.25, 0.3) is 0 Å². The Morgan fingerprint density at radius 3 is 1.91 bits per heavy atom. The second kappa shape index (κ2) is 7.32. The van der Waals surface area contributed by atoms with E-state index in [2.05, 4.69) is 29.2 Å². The molecule has 1 aliphatic heterocycles. The summed E-state index contributed by atoms with van der Waals surface area (Å²) in [6, 6.07) is 16.4. The quantitative estimate of drug-likeness (QED) is 0.808. The third-order valence-electron chi connectivity index (χ3n) is 4.15. The first-order chi connectivity index (χ1) is 10.8. The summed E-state index contributed by atoms with van der Waals surface area (Å²) in [5.41, 5.74) is 2.37. The lowest BCUT2D eigenvalue weighted by molar-refractivity contribution is 0.238. The minimum atomic E-state index is 0.766. The Morgan fingerprint density at radius 1 is 0.818 bits per heavy atom. The predicted molar refractivity (Wildman–Crippen MR) is 89.6 cm³/mol. The van der Waals surface area contributed by atoms with Crippen LogP contribution in [0.1, 0.15) is 12.8 Å². The standard InChI is InChI=1S/C19H23NO2/c1-21-18-8-4-16(5-9-18)17-6-10-19(11-7-17)22-15-14-20-12-2-3-13-20/h4-11H,2-3,12-15H2,1H3. The van der Waals surface area contributed by atoms with Crippen molar-refractivity contribution in [1.82, 2.24) is 4.90 Å². The molecule has 0 aliphatic carbocycles. The van der Waals surface area contributed by atoms with Crippen LogP contribution in [0.4, 0.5) is 0 Å². The average molecular weight is 297 g/mol. The first kappa shape index (κ1) is 14.9. The molecule has 0 spiro atoms. The SMILES string of the molecule is COc1ccc(-c2ccc(OCCN3CCCC3)cc2)cc1. The van der Waals surface area contributed by atoms with Crippen LogP contribution in [0.25, 0.3) is 11.1 Å². The molecule has 1 fully saturated rings. The van der Waals surface area contributed by atoms with Gasteiger partial charge in [0.1, 0.15) is 18.1 Å². The van der Waals surface area contributed by atoms with Crippen LogP contribution >= 0.6 is 0 Å². The Morgan fingerprint density at radius 2 is 1.36 bits per heavy atom. The van der Waals surface area contributed by atoms with Crippen molar-refractivity contribution < 1.29 is 9.47 Å². The highest BCUT2D eigenvalue weighted by Gasteiger charge is 2.10. The maximum absolute atomic E-state index is 5.83. The molecule has 0 bridgehead atoms. The van der Waals surface area contributed by atoms with Crippen LogP contribution in [0.2, 0.25) is 0 Å². The minimum Gasteiger partial charge on any atom is -0.497 e. The van der Waals surface area contributed by atoms with Gasteiger partial charge in [0.05, 0.1) is 7.11 Å². The molecule has 116 valence electrons. The lowest BCUT2D eigenvalue weighted by Crippen LogP contribution is -2.25. The Labute approximate surface area is 132 Å². The maximum Gasteiger partial charge on any atom is 0.119 e. The summed E-state index contributed by atoms with van der Waals surface area (Å²) >= 11 is 0. The Bertz CT molecular complexity index is 571. The van der Waals surface area contributed by atoms with Gasteiger partial charge in [0.2, 0.25) is 0 Å². The lowest BCUT2D eigenvalue weighted by Gasteiger charge is -2.15. The van der Waals surface area contributed by atoms with Gasteiger partial charge in [0.15, 0.2) is 0 Å². The number of methoxy groups -OCH3 is 1. The lowest BCUT2D eigenvalue weighted by atomic mass is 10.1. The molecule has 0 unspecified atom stereocenters. The number of likely N-dealkylation sites (tertiary alicyclic amines) is 1. The molecule has 3 heteroatoms. The highest BCUT2D eigenvalue weighted by atomic mass is 16.5. The van der Waals surface area contributed by atoms with E-state index >= 15 is 0 Å². The number of benzene rings is 2. The molecule has 0 atom stereocenters. The second-order valence-corrected chi connectivity index (χ2v) is 5.65. The van der Waals surface area contributed by atoms with Crippen molar-refractivity contribution in [3.63, 3.8) is 0 Å². The molecule has 2 aromatic rings. The van der Waals surface area contributed by atoms with E-state index in [-0.39, 0.29) is 0 Å². The number of hydrogen-bond donors (Lipinski definition) is 0. The van der Waals surface area contributed by atoms with Crippen molar-refractivity contribution in [2.45, 2.75) is 12.8 Å². The van der Waals surface area contributed by atoms with Gasteiger partial charge in [0, 0.05) is 6.54 Å². The van der Waals surface area contributed by atoms with Gasteiger partial charge in [-0.05, 0) is 61.3 Å². The van der Waals surface area contributed by atoms with Gasteiger partial charge in [-0.1, -0.05) is 24.3 Å². The van der Waals surface area contributed by atoms with Crippen molar-refractivity contribution in [3.8, 4) is 22.6 Å². The maximum atomic E-state index is 5.83. The van der Waals surface area contributed by atoms with Gasteiger partial charge in [-0.2, -0.15) is 0 Å². The first-order valence-corrected chi connectivity index (χ1v) is 7.95. The van der Waals surface area contributed by atoms with Crippen molar-refractivity contribution in [2.24, 2.45) is 0 Å². The summed E-state index contributed by atoms with van der Waals surface area (Å²) in [5.74, 6) is 1.82. The smallest absolute Gasteiger partial charge is 0.119 e. The molecule has 0 aromatic heterocycles. The fraction of sp³-hybridized carbons (Fsp3) is 0.368. The van der Waals surface area contributed by atoms with Crippen molar-refractivity contribution in [1.29, 1.82) is 0 Å². The number of hydrogen-bond acceptors (Lipinski definition) is 3. The van der Waals surface area contributed by atoms with E-state index in [1.165, 1.54) is 37.1 Å². The summed E-state index contributed by atoms with van der Waals surface area (Å²) in [4.78, 5) is 2.46. The molecule has 2 aromatic carbocycles. The topological polar surface area (TPSA) is 21.7 Å². The zero-order valence-corrected chi connectivity index (χ0v) is 13.1. The van der Waals surface area contributed by atoms with Crippen molar-refractivity contribution in [2.75, 3.05) is 33.4 Å². The summed E-state index contributed by atoms with van der Waals surface area (Å²) in [5, 5.41) is 0. The molecule has 1 saturated heterocycles. The predicted octanol–water partition coefficient (Wildman–Crippen LogP) is 3.84. The van der Waals surface area contributed by atoms with Gasteiger partial charge >= 0.3 is 0 Å². The van der Waals surface area contributed by atoms with Gasteiger partial charge in [-0.15, -0.1) is 0 Å². The molecule has 3 nitrogen and oxygen atoms in total. The third kappa shape index (κ3) is 3.80. The first-order valence-electron chi connectivity index (χ1n) is 7.95. The fourth-order valence-electron chi connectivity index (χ4n) is 2.83. The molecule has 0 saturated carbocycles. The highest BCUT2D eigenvalue weighted by Crippen LogP contribution is 2.24. The summed E-state index contributed by atoms with van der Waals surface area (Å²) in [6.07, 6.45) is 2.66. The molecule has 1 heterocycles. The van der Waals surface area contributed by atoms with E-state index in [0.29, 0.717) is 0 Å². The van der Waals surface area contributed by atoms with Crippen molar-refractivity contribution >= 4 is 0 Å². The molecular formula is C19H23NO2. The monoisotopic (exact) mass is 297 g/mol. The molecule has 0 N–H and O–H groups in total. The summed E-state index contributed by atoms with van der Waals surface area (Å²) < 4.78 is 11.0. The van der Waals surface area contributed by atoms with Crippen LogP contribution in [0.5, 0.6) is 11.5 Å². The van der Waals surface area contributed by atoms with Crippen LogP contribution in [0.15, 0.2) is 48.5 Å². The van der Waals surface area contributed by atoms with Crippen LogP contribution in [0, 0.1) is 0 Å². The largest absolute Gasteiger partial charge is 0.497 e. The van der Waals surface area contributed by atoms with Gasteiger partial charge < -0.3 is 9.47 Å². The van der Waals surface area contributed by atoms with E-state index in [1.54, 1.807) is 7.11 Å². The van der Waals surface area contributed by atoms with Crippen molar-refractivity contribution in [3.05, 3.63) is 48.5 Å². The normalized spacial score (nSPS) is 15.0. The number of rotatable bonds is 6. The Hall–Kier alpha value is -2.00. The van der Waals surface area contributed by atoms with Gasteiger partial charge in [-0.25, -0.2) is 0 Å². The molecule has 1 aliphatic rings. The van der Waals surface area contributed by atoms with E-state index in [4.69, 9.17) is 9.47 Å². The molecule has 3 rings (SSSR count). The van der Waals surface area contributed by atoms with Crippen LogP contribution in [-0.2, 0) is 0 Å². The summed E-state index contributed by atoms with van der Waals surface area (Å²) in [6.45, 7) is 4.24. The number of nitrogens with zero attached hydrogens (tertiary/aromatic N) is 1. The Balaban J connectivity index is 1.54. The highest BCUT2D eigenvalue weighted by molar-refractivity contribution is 5.64. The van der Waals surface area contributed by atoms with E-state index in [1.807, 2.05) is 24.3 Å². The fourth-order valence-corrected chi connectivity index (χ4v) is 2.83. The zero-order chi connectivity index (χ0) is 15.2. The average Bonchev–Trinajstić information content (AvgIpc) is 3.09. The van der Waals surface area contributed by atoms with E-state index < -0.39 is 0 Å². The van der Waals surface area contributed by atoms with Crippen LogP contribution in [-0.4, -0.2) is 38.3 Å². The number of ether oxygens (including phenoxy) is 2. The minimum absolute atomic E-state index is 0.766. The molecular weight excluding hydrogens is 274 g/mol. The van der Waals surface area contributed by atoms with Gasteiger partial charge in [-0.3, -0.25) is 4.90 Å². The van der Waals surface area contributed by atoms with E-state index in [9.17, 15) is 0 Å². The zero-order valence-electron chi connectivity index (χ0n) is 13.1. The van der Waals surface area contributed by atoms with Crippen LogP contribution < -0.4 is 9.47 Å². The summed E-state index contributed by atoms with van der Waals surface area (Å²) in [7, 11) is 1.68. The molecule has 22 heavy (non-hydrogen) atoms. The molecule has 0 radical (unpaired) electrons. The molecule has 0 amide bonds. The van der Waals surface area contributed by atoms with E-state index in [0.717, 1.165) is 24.7 Å². The Kier molecular flexibility index (Phi) is 4.96. The second-order valence-electron chi connectivity index (χ2n) is 5.65. The third-order valence-corrected chi connectivity index (χ3v) is 4.15. The van der Waals surface area contributed by atoms with Crippen LogP contribution in [0.3, 0.4) is 0 Å².